The van der Waals surface area contributed by atoms with E-state index in [9.17, 15) is 0 Å². The lowest BCUT2D eigenvalue weighted by Gasteiger charge is -2.20. The Hall–Kier alpha value is 0.180. The van der Waals surface area contributed by atoms with Gasteiger partial charge in [0.15, 0.2) is 0 Å². The van der Waals surface area contributed by atoms with Gasteiger partial charge in [0.2, 0.25) is 0 Å². The highest BCUT2D eigenvalue weighted by Gasteiger charge is 2.12. The Balaban J connectivity index is 0.000000204. The average Bonchev–Trinajstić information content (AvgIpc) is 2.48. The van der Waals surface area contributed by atoms with Crippen LogP contribution in [0.2, 0.25) is 0 Å². The van der Waals surface area contributed by atoms with E-state index in [1.807, 2.05) is 0 Å². The minimum absolute atomic E-state index is 0.740. The number of allylic oxidation sites excluding steroid dienone is 1. The van der Waals surface area contributed by atoms with Crippen molar-refractivity contribution in [3.05, 3.63) is 9.47 Å². The van der Waals surface area contributed by atoms with Gasteiger partial charge >= 0.3 is 0 Å². The van der Waals surface area contributed by atoms with Gasteiger partial charge in [0.1, 0.15) is 0 Å². The van der Waals surface area contributed by atoms with E-state index in [2.05, 4.69) is 43.9 Å². The molecular formula is C16H24Br2O2. The number of terminal acetylenes is 1. The molecule has 2 nitrogen and oxygen atoms in total. The lowest BCUT2D eigenvalue weighted by molar-refractivity contribution is 0.0672. The largest absolute Gasteiger partial charge is 0.381 e. The van der Waals surface area contributed by atoms with Gasteiger partial charge in [-0.2, -0.15) is 0 Å². The maximum absolute atomic E-state index is 5.26. The summed E-state index contributed by atoms with van der Waals surface area (Å²) in [4.78, 5) is 0. The highest BCUT2D eigenvalue weighted by atomic mass is 79.9. The van der Waals surface area contributed by atoms with E-state index in [0.29, 0.717) is 0 Å². The molecule has 0 amide bonds. The summed E-state index contributed by atoms with van der Waals surface area (Å²) in [5.41, 5.74) is 0. The molecule has 0 aliphatic carbocycles. The molecule has 0 radical (unpaired) electrons. The van der Waals surface area contributed by atoms with Crippen molar-refractivity contribution in [3.63, 3.8) is 0 Å². The maximum atomic E-state index is 5.26. The van der Waals surface area contributed by atoms with Crippen LogP contribution in [0, 0.1) is 24.2 Å². The quantitative estimate of drug-likeness (QED) is 0.621. The standard InChI is InChI=1S/C8H12Br2O.C8H12O/c9-8(10)2-1-7-3-5-11-6-4-7;1-2-3-8-4-6-9-7-5-8/h2,7H,1,3-6H2;1,8H,3-7H2. The zero-order valence-electron chi connectivity index (χ0n) is 12.0. The van der Waals surface area contributed by atoms with Crippen LogP contribution in [0.5, 0.6) is 0 Å². The Morgan fingerprint density at radius 2 is 1.50 bits per heavy atom. The van der Waals surface area contributed by atoms with Gasteiger partial charge in [-0.1, -0.05) is 6.08 Å². The van der Waals surface area contributed by atoms with Crippen LogP contribution in [0.25, 0.3) is 0 Å². The Morgan fingerprint density at radius 3 is 1.95 bits per heavy atom. The number of rotatable bonds is 3. The van der Waals surface area contributed by atoms with E-state index < -0.39 is 0 Å². The van der Waals surface area contributed by atoms with Gasteiger partial charge in [-0.15, -0.1) is 12.3 Å². The lowest BCUT2D eigenvalue weighted by atomic mass is 9.97. The van der Waals surface area contributed by atoms with Crippen LogP contribution < -0.4 is 0 Å². The fraction of sp³-hybridized carbons (Fsp3) is 0.750. The number of ether oxygens (including phenoxy) is 2. The second-order valence-corrected chi connectivity index (χ2v) is 8.02. The van der Waals surface area contributed by atoms with Crippen molar-refractivity contribution in [3.8, 4) is 12.3 Å². The summed E-state index contributed by atoms with van der Waals surface area (Å²) in [5.74, 6) is 4.25. The Kier molecular flexibility index (Phi) is 10.8. The van der Waals surface area contributed by atoms with Crippen LogP contribution in [0.1, 0.15) is 38.5 Å². The molecule has 0 aromatic carbocycles. The van der Waals surface area contributed by atoms with E-state index in [0.717, 1.165) is 67.3 Å². The number of halogens is 2. The summed E-state index contributed by atoms with van der Waals surface area (Å²) in [6.07, 6.45) is 14.2. The van der Waals surface area contributed by atoms with Gasteiger partial charge in [-0.25, -0.2) is 0 Å². The van der Waals surface area contributed by atoms with Gasteiger partial charge in [0.05, 0.1) is 3.39 Å². The predicted octanol–water partition coefficient (Wildman–Crippen LogP) is 4.87. The van der Waals surface area contributed by atoms with Crippen molar-refractivity contribution in [1.29, 1.82) is 0 Å². The van der Waals surface area contributed by atoms with Crippen LogP contribution >= 0.6 is 31.9 Å². The molecule has 2 aliphatic rings. The van der Waals surface area contributed by atoms with Crippen LogP contribution in [-0.2, 0) is 9.47 Å². The van der Waals surface area contributed by atoms with Crippen LogP contribution in [0.4, 0.5) is 0 Å². The molecular weight excluding hydrogens is 384 g/mol. The SMILES string of the molecule is BrC(Br)=CCC1CCOCC1.C#CCC1CCOCC1. The van der Waals surface area contributed by atoms with Crippen molar-refractivity contribution in [1.82, 2.24) is 0 Å². The first-order valence-corrected chi connectivity index (χ1v) is 8.91. The van der Waals surface area contributed by atoms with E-state index in [1.165, 1.54) is 12.8 Å². The van der Waals surface area contributed by atoms with E-state index in [1.54, 1.807) is 0 Å². The number of hydrogen-bond acceptors (Lipinski definition) is 2. The zero-order valence-corrected chi connectivity index (χ0v) is 15.1. The molecule has 0 spiro atoms. The molecule has 0 N–H and O–H groups in total. The topological polar surface area (TPSA) is 18.5 Å². The summed E-state index contributed by atoms with van der Waals surface area (Å²) in [5, 5.41) is 0. The van der Waals surface area contributed by atoms with Crippen molar-refractivity contribution in [2.24, 2.45) is 11.8 Å². The third kappa shape index (κ3) is 9.18. The third-order valence-electron chi connectivity index (χ3n) is 3.69. The fourth-order valence-electron chi connectivity index (χ4n) is 2.36. The third-order valence-corrected chi connectivity index (χ3v) is 4.34. The Bertz CT molecular complexity index is 307. The first-order valence-electron chi connectivity index (χ1n) is 7.32. The molecule has 0 atom stereocenters. The summed E-state index contributed by atoms with van der Waals surface area (Å²) in [7, 11) is 0. The molecule has 2 saturated heterocycles. The van der Waals surface area contributed by atoms with E-state index in [-0.39, 0.29) is 0 Å². The van der Waals surface area contributed by atoms with Gasteiger partial charge < -0.3 is 9.47 Å². The molecule has 114 valence electrons. The molecule has 0 aromatic heterocycles. The summed E-state index contributed by atoms with van der Waals surface area (Å²) < 4.78 is 11.5. The van der Waals surface area contributed by atoms with Gasteiger partial charge in [-0.05, 0) is 75.8 Å². The van der Waals surface area contributed by atoms with Gasteiger partial charge in [0.25, 0.3) is 0 Å². The molecule has 2 rings (SSSR count). The molecule has 2 heterocycles. The molecule has 20 heavy (non-hydrogen) atoms. The van der Waals surface area contributed by atoms with Gasteiger partial charge in [-0.3, -0.25) is 0 Å². The first-order chi connectivity index (χ1) is 9.72. The minimum Gasteiger partial charge on any atom is -0.381 e. The van der Waals surface area contributed by atoms with E-state index in [4.69, 9.17) is 15.9 Å². The smallest absolute Gasteiger partial charge is 0.0564 e. The van der Waals surface area contributed by atoms with Gasteiger partial charge in [0, 0.05) is 32.8 Å². The highest BCUT2D eigenvalue weighted by molar-refractivity contribution is 9.28. The van der Waals surface area contributed by atoms with Crippen molar-refractivity contribution in [2.45, 2.75) is 38.5 Å². The molecule has 2 aliphatic heterocycles. The summed E-state index contributed by atoms with van der Waals surface area (Å²) in [6, 6.07) is 0. The molecule has 0 unspecified atom stereocenters. The summed E-state index contributed by atoms with van der Waals surface area (Å²) >= 11 is 6.70. The second kappa shape index (κ2) is 11.8. The monoisotopic (exact) mass is 406 g/mol. The second-order valence-electron chi connectivity index (χ2n) is 5.25. The van der Waals surface area contributed by atoms with Crippen molar-refractivity contribution in [2.75, 3.05) is 26.4 Å². The fourth-order valence-corrected chi connectivity index (χ4v) is 2.73. The molecule has 2 fully saturated rings. The Labute approximate surface area is 139 Å². The van der Waals surface area contributed by atoms with Crippen molar-refractivity contribution >= 4 is 31.9 Å². The molecule has 0 saturated carbocycles. The molecule has 0 aromatic rings. The van der Waals surface area contributed by atoms with Crippen LogP contribution in [0.3, 0.4) is 0 Å². The van der Waals surface area contributed by atoms with Crippen LogP contribution in [0.15, 0.2) is 9.47 Å². The van der Waals surface area contributed by atoms with Crippen LogP contribution in [-0.4, -0.2) is 26.4 Å². The summed E-state index contributed by atoms with van der Waals surface area (Å²) in [6.45, 7) is 3.70. The van der Waals surface area contributed by atoms with Crippen molar-refractivity contribution < 1.29 is 9.47 Å². The predicted molar refractivity (Wildman–Crippen MR) is 91.1 cm³/mol. The van der Waals surface area contributed by atoms with E-state index >= 15 is 0 Å². The zero-order chi connectivity index (χ0) is 14.6. The Morgan fingerprint density at radius 1 is 1.00 bits per heavy atom. The molecule has 4 heteroatoms. The lowest BCUT2D eigenvalue weighted by Crippen LogP contribution is -2.14. The number of hydrogen-bond donors (Lipinski definition) is 0. The highest BCUT2D eigenvalue weighted by Crippen LogP contribution is 2.22. The average molecular weight is 408 g/mol. The maximum Gasteiger partial charge on any atom is 0.0564 e. The molecule has 0 bridgehead atoms. The first kappa shape index (κ1) is 18.2. The normalized spacial score (nSPS) is 20.4. The minimum atomic E-state index is 0.740.